The lowest BCUT2D eigenvalue weighted by Gasteiger charge is -2.02. The molecule has 6 nitrogen and oxygen atoms in total. The van der Waals surface area contributed by atoms with E-state index in [-0.39, 0.29) is 16.5 Å². The Kier molecular flexibility index (Phi) is 5.03. The molecule has 1 aromatic rings. The van der Waals surface area contributed by atoms with Gasteiger partial charge in [0.25, 0.3) is 16.1 Å². The molecule has 1 aromatic heterocycles. The van der Waals surface area contributed by atoms with Crippen molar-refractivity contribution in [2.45, 2.75) is 18.2 Å². The van der Waals surface area contributed by atoms with Gasteiger partial charge in [0.05, 0.1) is 11.6 Å². The highest BCUT2D eigenvalue weighted by Gasteiger charge is 2.28. The summed E-state index contributed by atoms with van der Waals surface area (Å²) in [6, 6.07) is 0. The molecule has 0 aromatic carbocycles. The molecular weight excluding hydrogens is 302 g/mol. The molecule has 0 aliphatic heterocycles. The standard InChI is InChI=1S/C9H8ClNO5S2/c1-2-3-16-9(13)7-8(6(10)4-17-7)18(14,15)11-5-12/h4H,2-3H2,1H3. The van der Waals surface area contributed by atoms with Crippen LogP contribution in [-0.2, 0) is 19.6 Å². The zero-order valence-corrected chi connectivity index (χ0v) is 11.6. The Morgan fingerprint density at radius 3 is 2.83 bits per heavy atom. The van der Waals surface area contributed by atoms with Gasteiger partial charge in [0.2, 0.25) is 0 Å². The Labute approximate surface area is 112 Å². The summed E-state index contributed by atoms with van der Waals surface area (Å²) in [4.78, 5) is 21.0. The van der Waals surface area contributed by atoms with Crippen LogP contribution in [0.2, 0.25) is 5.02 Å². The molecule has 0 unspecified atom stereocenters. The molecule has 0 amide bonds. The number of carbonyl (C=O) groups excluding carboxylic acids is 2. The Balaban J connectivity index is 3.25. The van der Waals surface area contributed by atoms with Gasteiger partial charge in [-0.15, -0.1) is 11.3 Å². The van der Waals surface area contributed by atoms with Crippen LogP contribution in [0.15, 0.2) is 14.7 Å². The first-order chi connectivity index (χ1) is 8.44. The number of rotatable bonds is 5. The van der Waals surface area contributed by atoms with E-state index < -0.39 is 20.9 Å². The third-order valence-corrected chi connectivity index (χ3v) is 4.63. The highest BCUT2D eigenvalue weighted by molar-refractivity contribution is 7.90. The van der Waals surface area contributed by atoms with E-state index in [2.05, 4.69) is 4.40 Å². The number of thiophene rings is 1. The zero-order chi connectivity index (χ0) is 13.8. The molecular formula is C9H8ClNO5S2. The van der Waals surface area contributed by atoms with E-state index in [9.17, 15) is 18.0 Å². The Morgan fingerprint density at radius 1 is 1.61 bits per heavy atom. The first-order valence-corrected chi connectivity index (χ1v) is 7.42. The first-order valence-electron chi connectivity index (χ1n) is 4.72. The van der Waals surface area contributed by atoms with Gasteiger partial charge in [-0.3, -0.25) is 0 Å². The normalized spacial score (nSPS) is 10.8. The molecule has 0 bridgehead atoms. The molecule has 0 aliphatic carbocycles. The first kappa shape index (κ1) is 14.8. The van der Waals surface area contributed by atoms with E-state index in [0.29, 0.717) is 6.42 Å². The SMILES string of the molecule is CCCOC(=O)c1scc(Cl)c1S(=O)(=O)N=C=O. The molecule has 0 saturated carbocycles. The number of hydrogen-bond acceptors (Lipinski definition) is 6. The molecule has 0 saturated heterocycles. The van der Waals surface area contributed by atoms with E-state index >= 15 is 0 Å². The van der Waals surface area contributed by atoms with Gasteiger partial charge >= 0.3 is 5.97 Å². The molecule has 0 aliphatic rings. The van der Waals surface area contributed by atoms with Gasteiger partial charge in [0, 0.05) is 5.38 Å². The summed E-state index contributed by atoms with van der Waals surface area (Å²) in [6.07, 6.45) is 1.51. The van der Waals surface area contributed by atoms with Crippen molar-refractivity contribution in [1.82, 2.24) is 0 Å². The van der Waals surface area contributed by atoms with Gasteiger partial charge in [-0.2, -0.15) is 8.42 Å². The highest BCUT2D eigenvalue weighted by Crippen LogP contribution is 2.33. The Bertz CT molecular complexity index is 600. The van der Waals surface area contributed by atoms with Crippen LogP contribution in [-0.4, -0.2) is 27.1 Å². The lowest BCUT2D eigenvalue weighted by molar-refractivity contribution is 0.0507. The second-order valence-electron chi connectivity index (χ2n) is 3.04. The number of halogens is 1. The largest absolute Gasteiger partial charge is 0.461 e. The highest BCUT2D eigenvalue weighted by atomic mass is 35.5. The molecule has 0 radical (unpaired) electrons. The maximum Gasteiger partial charge on any atom is 0.349 e. The fraction of sp³-hybridized carbons (Fsp3) is 0.333. The van der Waals surface area contributed by atoms with Crippen molar-refractivity contribution >= 4 is 45.0 Å². The second-order valence-corrected chi connectivity index (χ2v) is 5.86. The molecule has 0 N–H and O–H groups in total. The van der Waals surface area contributed by atoms with Crippen molar-refractivity contribution < 1.29 is 22.7 Å². The van der Waals surface area contributed by atoms with Gasteiger partial charge in [0.1, 0.15) is 9.77 Å². The van der Waals surface area contributed by atoms with E-state index in [4.69, 9.17) is 16.3 Å². The maximum atomic E-state index is 11.6. The number of sulfonamides is 1. The maximum absolute atomic E-state index is 11.6. The fourth-order valence-electron chi connectivity index (χ4n) is 1.06. The lowest BCUT2D eigenvalue weighted by atomic mass is 10.4. The predicted molar refractivity (Wildman–Crippen MR) is 65.2 cm³/mol. The third kappa shape index (κ3) is 3.17. The monoisotopic (exact) mass is 309 g/mol. The number of carbonyl (C=O) groups is 1. The van der Waals surface area contributed by atoms with E-state index in [1.807, 2.05) is 0 Å². The third-order valence-electron chi connectivity index (χ3n) is 1.74. The molecule has 0 spiro atoms. The molecule has 0 atom stereocenters. The van der Waals surface area contributed by atoms with Crippen molar-refractivity contribution in [1.29, 1.82) is 0 Å². The van der Waals surface area contributed by atoms with Crippen LogP contribution in [0.4, 0.5) is 0 Å². The fourth-order valence-corrected chi connectivity index (χ4v) is 3.70. The predicted octanol–water partition coefficient (Wildman–Crippen LogP) is 1.99. The van der Waals surface area contributed by atoms with Crippen LogP contribution >= 0.6 is 22.9 Å². The molecule has 0 fully saturated rings. The topological polar surface area (TPSA) is 89.9 Å². The summed E-state index contributed by atoms with van der Waals surface area (Å²) in [5.41, 5.74) is 0. The average molecular weight is 310 g/mol. The lowest BCUT2D eigenvalue weighted by Crippen LogP contribution is -2.09. The quantitative estimate of drug-likeness (QED) is 0.471. The van der Waals surface area contributed by atoms with Crippen molar-refractivity contribution in [2.75, 3.05) is 6.61 Å². The minimum Gasteiger partial charge on any atom is -0.461 e. The molecule has 98 valence electrons. The van der Waals surface area contributed by atoms with Gasteiger partial charge in [0.15, 0.2) is 0 Å². The summed E-state index contributed by atoms with van der Waals surface area (Å²) < 4.78 is 30.7. The zero-order valence-electron chi connectivity index (χ0n) is 9.17. The summed E-state index contributed by atoms with van der Waals surface area (Å²) in [6.45, 7) is 1.95. The number of esters is 1. The van der Waals surface area contributed by atoms with E-state index in [0.717, 1.165) is 17.4 Å². The van der Waals surface area contributed by atoms with Crippen molar-refractivity contribution in [3.63, 3.8) is 0 Å². The van der Waals surface area contributed by atoms with Crippen molar-refractivity contribution in [3.8, 4) is 0 Å². The van der Waals surface area contributed by atoms with Gasteiger partial charge < -0.3 is 4.74 Å². The molecule has 18 heavy (non-hydrogen) atoms. The summed E-state index contributed by atoms with van der Waals surface area (Å²) >= 11 is 6.49. The molecule has 9 heteroatoms. The molecule has 1 rings (SSSR count). The minimum absolute atomic E-state index is 0.158. The van der Waals surface area contributed by atoms with Crippen molar-refractivity contribution in [2.24, 2.45) is 4.40 Å². The summed E-state index contributed by atoms with van der Waals surface area (Å²) in [7, 11) is -4.32. The summed E-state index contributed by atoms with van der Waals surface area (Å²) in [5, 5.41) is 1.08. The van der Waals surface area contributed by atoms with Crippen LogP contribution in [0.1, 0.15) is 23.0 Å². The molecule has 1 heterocycles. The van der Waals surface area contributed by atoms with Gasteiger partial charge in [-0.05, 0) is 6.42 Å². The summed E-state index contributed by atoms with van der Waals surface area (Å²) in [5.74, 6) is -0.812. The van der Waals surface area contributed by atoms with Crippen LogP contribution in [0.25, 0.3) is 0 Å². The number of isocyanates is 1. The minimum atomic E-state index is -4.32. The van der Waals surface area contributed by atoms with Crippen LogP contribution in [0, 0.1) is 0 Å². The van der Waals surface area contributed by atoms with Gasteiger partial charge in [-0.1, -0.05) is 22.9 Å². The average Bonchev–Trinajstić information content (AvgIpc) is 2.68. The van der Waals surface area contributed by atoms with Crippen molar-refractivity contribution in [3.05, 3.63) is 15.3 Å². The number of ether oxygens (including phenoxy) is 1. The van der Waals surface area contributed by atoms with Crippen LogP contribution in [0.3, 0.4) is 0 Å². The second kappa shape index (κ2) is 6.10. The van der Waals surface area contributed by atoms with E-state index in [1.165, 1.54) is 5.38 Å². The van der Waals surface area contributed by atoms with Gasteiger partial charge in [-0.25, -0.2) is 9.59 Å². The Morgan fingerprint density at radius 2 is 2.28 bits per heavy atom. The van der Waals surface area contributed by atoms with Crippen LogP contribution < -0.4 is 0 Å². The van der Waals surface area contributed by atoms with E-state index in [1.54, 1.807) is 6.92 Å². The number of nitrogens with zero attached hydrogens (tertiary/aromatic N) is 1. The van der Waals surface area contributed by atoms with Crippen LogP contribution in [0.5, 0.6) is 0 Å². The Hall–Kier alpha value is -1.21. The number of hydrogen-bond donors (Lipinski definition) is 0. The smallest absolute Gasteiger partial charge is 0.349 e.